The standard InChI is InChI=1S/C23H24Br2N2O2/c1-14-8-23-20(11-21(14)25)19-9-15(24)6-7-22(19)27(23)13-17(28)12-26-16-4-3-5-18(10-16)29-2/h3-7,9-11,14,17,26,28H,8,12-13H2,1-2H3/t14?,17-/m0/s1. The number of anilines is 1. The van der Waals surface area contributed by atoms with Gasteiger partial charge in [0.05, 0.1) is 19.8 Å². The van der Waals surface area contributed by atoms with Gasteiger partial charge in [-0.3, -0.25) is 0 Å². The molecule has 3 aromatic rings. The minimum atomic E-state index is -0.519. The van der Waals surface area contributed by atoms with Crippen molar-refractivity contribution in [3.8, 4) is 5.75 Å². The van der Waals surface area contributed by atoms with Gasteiger partial charge in [-0.05, 0) is 53.2 Å². The van der Waals surface area contributed by atoms with Gasteiger partial charge in [0, 0.05) is 44.9 Å². The third-order valence-corrected chi connectivity index (χ3v) is 6.94. The number of methoxy groups -OCH3 is 1. The molecular weight excluding hydrogens is 496 g/mol. The second-order valence-electron chi connectivity index (χ2n) is 7.53. The van der Waals surface area contributed by atoms with Crippen LogP contribution in [0.3, 0.4) is 0 Å². The molecule has 6 heteroatoms. The van der Waals surface area contributed by atoms with Crippen molar-refractivity contribution in [1.82, 2.24) is 4.57 Å². The maximum absolute atomic E-state index is 10.8. The molecule has 4 nitrogen and oxygen atoms in total. The Hall–Kier alpha value is -1.76. The minimum Gasteiger partial charge on any atom is -0.497 e. The zero-order chi connectivity index (χ0) is 20.5. The molecule has 0 bridgehead atoms. The van der Waals surface area contributed by atoms with Crippen molar-refractivity contribution in [2.75, 3.05) is 19.0 Å². The number of aliphatic hydroxyl groups excluding tert-OH is 1. The first-order valence-electron chi connectivity index (χ1n) is 9.70. The van der Waals surface area contributed by atoms with Gasteiger partial charge in [0.15, 0.2) is 0 Å². The van der Waals surface area contributed by atoms with E-state index in [1.54, 1.807) is 7.11 Å². The first kappa shape index (κ1) is 20.5. The molecule has 0 saturated carbocycles. The number of nitrogens with one attached hydrogen (secondary N) is 1. The highest BCUT2D eigenvalue weighted by Gasteiger charge is 2.24. The third kappa shape index (κ3) is 4.25. The van der Waals surface area contributed by atoms with Gasteiger partial charge in [-0.15, -0.1) is 0 Å². The van der Waals surface area contributed by atoms with E-state index in [-0.39, 0.29) is 0 Å². The Bertz CT molecular complexity index is 1070. The van der Waals surface area contributed by atoms with Crippen LogP contribution in [0, 0.1) is 5.92 Å². The molecule has 29 heavy (non-hydrogen) atoms. The predicted molar refractivity (Wildman–Crippen MR) is 127 cm³/mol. The van der Waals surface area contributed by atoms with Crippen LogP contribution in [-0.4, -0.2) is 29.4 Å². The molecule has 0 aliphatic heterocycles. The number of benzene rings is 2. The minimum absolute atomic E-state index is 0.432. The Balaban J connectivity index is 1.60. The lowest BCUT2D eigenvalue weighted by atomic mass is 9.94. The molecule has 0 radical (unpaired) electrons. The Labute approximate surface area is 187 Å². The van der Waals surface area contributed by atoms with Crippen LogP contribution in [0.1, 0.15) is 18.2 Å². The molecule has 0 saturated heterocycles. The van der Waals surface area contributed by atoms with Gasteiger partial charge in [0.1, 0.15) is 5.75 Å². The molecule has 4 rings (SSSR count). The van der Waals surface area contributed by atoms with Crippen molar-refractivity contribution in [3.63, 3.8) is 0 Å². The summed E-state index contributed by atoms with van der Waals surface area (Å²) in [6, 6.07) is 14.1. The van der Waals surface area contributed by atoms with Gasteiger partial charge < -0.3 is 19.7 Å². The largest absolute Gasteiger partial charge is 0.497 e. The van der Waals surface area contributed by atoms with Gasteiger partial charge in [-0.25, -0.2) is 0 Å². The fourth-order valence-electron chi connectivity index (χ4n) is 3.91. The van der Waals surface area contributed by atoms with Crippen LogP contribution in [0.25, 0.3) is 17.0 Å². The number of aliphatic hydroxyl groups is 1. The smallest absolute Gasteiger partial charge is 0.120 e. The fourth-order valence-corrected chi connectivity index (χ4v) is 4.66. The number of rotatable bonds is 6. The van der Waals surface area contributed by atoms with Crippen LogP contribution >= 0.6 is 31.9 Å². The Morgan fingerprint density at radius 2 is 2.07 bits per heavy atom. The van der Waals surface area contributed by atoms with E-state index in [1.165, 1.54) is 21.1 Å². The molecule has 0 spiro atoms. The Morgan fingerprint density at radius 3 is 2.86 bits per heavy atom. The zero-order valence-corrected chi connectivity index (χ0v) is 19.6. The summed E-state index contributed by atoms with van der Waals surface area (Å²) in [5, 5.41) is 15.3. The molecule has 1 heterocycles. The van der Waals surface area contributed by atoms with E-state index in [0.29, 0.717) is 19.0 Å². The van der Waals surface area contributed by atoms with Gasteiger partial charge >= 0.3 is 0 Å². The van der Waals surface area contributed by atoms with Crippen LogP contribution in [0.4, 0.5) is 5.69 Å². The van der Waals surface area contributed by atoms with Crippen molar-refractivity contribution >= 4 is 54.5 Å². The summed E-state index contributed by atoms with van der Waals surface area (Å²) in [6.07, 6.45) is 2.67. The van der Waals surface area contributed by atoms with Crippen LogP contribution in [0.15, 0.2) is 51.4 Å². The van der Waals surface area contributed by atoms with Crippen molar-refractivity contribution in [2.24, 2.45) is 5.92 Å². The number of halogens is 2. The normalized spacial score (nSPS) is 17.0. The molecule has 1 aliphatic carbocycles. The number of aromatic nitrogens is 1. The Morgan fingerprint density at radius 1 is 1.24 bits per heavy atom. The number of allylic oxidation sites excluding steroid dienone is 1. The average molecular weight is 520 g/mol. The summed E-state index contributed by atoms with van der Waals surface area (Å²) in [5.41, 5.74) is 4.63. The van der Waals surface area contributed by atoms with E-state index >= 15 is 0 Å². The molecule has 0 amide bonds. The number of nitrogens with zero attached hydrogens (tertiary/aromatic N) is 1. The first-order valence-corrected chi connectivity index (χ1v) is 11.3. The lowest BCUT2D eigenvalue weighted by molar-refractivity contribution is 0.167. The van der Waals surface area contributed by atoms with Gasteiger partial charge in [-0.1, -0.05) is 44.8 Å². The van der Waals surface area contributed by atoms with Crippen molar-refractivity contribution in [3.05, 3.63) is 62.7 Å². The van der Waals surface area contributed by atoms with E-state index in [4.69, 9.17) is 4.74 Å². The summed E-state index contributed by atoms with van der Waals surface area (Å²) in [6.45, 7) is 3.23. The van der Waals surface area contributed by atoms with E-state index in [1.807, 2.05) is 24.3 Å². The SMILES string of the molecule is COc1cccc(NC[C@H](O)Cn2c3c(c4cc(Br)ccc42)C=C(Br)C(C)C3)c1. The topological polar surface area (TPSA) is 46.4 Å². The highest BCUT2D eigenvalue weighted by atomic mass is 79.9. The number of ether oxygens (including phenoxy) is 1. The number of hydrogen-bond acceptors (Lipinski definition) is 3. The second kappa shape index (κ2) is 8.54. The van der Waals surface area contributed by atoms with Crippen LogP contribution < -0.4 is 10.1 Å². The highest BCUT2D eigenvalue weighted by molar-refractivity contribution is 9.11. The number of fused-ring (bicyclic) bond motifs is 3. The monoisotopic (exact) mass is 518 g/mol. The lowest BCUT2D eigenvalue weighted by Gasteiger charge is -2.22. The van der Waals surface area contributed by atoms with Crippen molar-refractivity contribution < 1.29 is 9.84 Å². The Kier molecular flexibility index (Phi) is 6.04. The molecule has 1 aliphatic rings. The molecule has 2 atom stereocenters. The van der Waals surface area contributed by atoms with Crippen LogP contribution in [0.2, 0.25) is 0 Å². The molecule has 2 aromatic carbocycles. The van der Waals surface area contributed by atoms with E-state index in [0.717, 1.165) is 27.8 Å². The fraction of sp³-hybridized carbons (Fsp3) is 0.304. The summed E-state index contributed by atoms with van der Waals surface area (Å²) < 4.78 is 9.83. The van der Waals surface area contributed by atoms with Gasteiger partial charge in [0.2, 0.25) is 0 Å². The van der Waals surface area contributed by atoms with Gasteiger partial charge in [0.25, 0.3) is 0 Å². The molecular formula is C23H24Br2N2O2. The average Bonchev–Trinajstić information content (AvgIpc) is 2.99. The molecule has 152 valence electrons. The lowest BCUT2D eigenvalue weighted by Crippen LogP contribution is -2.26. The summed E-state index contributed by atoms with van der Waals surface area (Å²) in [7, 11) is 1.65. The highest BCUT2D eigenvalue weighted by Crippen LogP contribution is 2.38. The quantitative estimate of drug-likeness (QED) is 0.431. The van der Waals surface area contributed by atoms with E-state index < -0.39 is 6.10 Å². The maximum atomic E-state index is 10.8. The van der Waals surface area contributed by atoms with Crippen LogP contribution in [-0.2, 0) is 13.0 Å². The summed E-state index contributed by atoms with van der Waals surface area (Å²) >= 11 is 7.32. The van der Waals surface area contributed by atoms with Crippen molar-refractivity contribution in [2.45, 2.75) is 26.0 Å². The summed E-state index contributed by atoms with van der Waals surface area (Å²) in [4.78, 5) is 0. The number of hydrogen-bond donors (Lipinski definition) is 2. The third-order valence-electron chi connectivity index (χ3n) is 5.43. The van der Waals surface area contributed by atoms with E-state index in [2.05, 4.69) is 72.9 Å². The zero-order valence-electron chi connectivity index (χ0n) is 16.5. The van der Waals surface area contributed by atoms with Crippen LogP contribution in [0.5, 0.6) is 5.75 Å². The van der Waals surface area contributed by atoms with Gasteiger partial charge in [-0.2, -0.15) is 0 Å². The van der Waals surface area contributed by atoms with Crippen molar-refractivity contribution in [1.29, 1.82) is 0 Å². The molecule has 1 aromatic heterocycles. The predicted octanol–water partition coefficient (Wildman–Crippen LogP) is 5.81. The maximum Gasteiger partial charge on any atom is 0.120 e. The van der Waals surface area contributed by atoms with E-state index in [9.17, 15) is 5.11 Å². The molecule has 0 fully saturated rings. The molecule has 1 unspecified atom stereocenters. The second-order valence-corrected chi connectivity index (χ2v) is 9.36. The summed E-state index contributed by atoms with van der Waals surface area (Å²) in [5.74, 6) is 1.23. The molecule has 2 N–H and O–H groups in total. The first-order chi connectivity index (χ1) is 14.0.